The summed E-state index contributed by atoms with van der Waals surface area (Å²) in [6.07, 6.45) is 9.46. The molecule has 0 bridgehead atoms. The van der Waals surface area contributed by atoms with E-state index in [0.717, 1.165) is 6.42 Å². The van der Waals surface area contributed by atoms with Crippen LogP contribution in [0.4, 0.5) is 0 Å². The minimum absolute atomic E-state index is 0.677. The van der Waals surface area contributed by atoms with Crippen molar-refractivity contribution >= 4 is 5.57 Å². The van der Waals surface area contributed by atoms with Gasteiger partial charge < -0.3 is 0 Å². The van der Waals surface area contributed by atoms with Gasteiger partial charge in [0, 0.05) is 0 Å². The molecule has 1 atom stereocenters. The van der Waals surface area contributed by atoms with Crippen LogP contribution in [0, 0.1) is 5.92 Å². The van der Waals surface area contributed by atoms with Crippen molar-refractivity contribution in [3.05, 3.63) is 89.5 Å². The molecule has 0 aliphatic heterocycles. The van der Waals surface area contributed by atoms with E-state index in [1.807, 2.05) is 0 Å². The minimum Gasteiger partial charge on any atom is -0.0665 e. The Kier molecular flexibility index (Phi) is 4.90. The van der Waals surface area contributed by atoms with Crippen LogP contribution in [0.5, 0.6) is 0 Å². The molecule has 0 spiro atoms. The van der Waals surface area contributed by atoms with Gasteiger partial charge in [0.25, 0.3) is 0 Å². The van der Waals surface area contributed by atoms with Crippen LogP contribution in [-0.2, 0) is 6.42 Å². The van der Waals surface area contributed by atoms with E-state index in [0.29, 0.717) is 5.92 Å². The van der Waals surface area contributed by atoms with Gasteiger partial charge >= 0.3 is 0 Å². The summed E-state index contributed by atoms with van der Waals surface area (Å²) in [5, 5.41) is 0. The van der Waals surface area contributed by atoms with Gasteiger partial charge in [-0.15, -0.1) is 0 Å². The summed E-state index contributed by atoms with van der Waals surface area (Å²) >= 11 is 0. The Morgan fingerprint density at radius 3 is 2.09 bits per heavy atom. The molecule has 1 aliphatic rings. The van der Waals surface area contributed by atoms with E-state index in [9.17, 15) is 0 Å². The first-order chi connectivity index (χ1) is 10.9. The molecule has 0 aromatic heterocycles. The van der Waals surface area contributed by atoms with Gasteiger partial charge in [-0.1, -0.05) is 85.3 Å². The van der Waals surface area contributed by atoms with Crippen LogP contribution >= 0.6 is 0 Å². The van der Waals surface area contributed by atoms with Gasteiger partial charge in [-0.3, -0.25) is 0 Å². The van der Waals surface area contributed by atoms with E-state index in [1.165, 1.54) is 36.0 Å². The summed E-state index contributed by atoms with van der Waals surface area (Å²) in [6.45, 7) is 2.31. The van der Waals surface area contributed by atoms with Gasteiger partial charge in [-0.2, -0.15) is 0 Å². The fourth-order valence-electron chi connectivity index (χ4n) is 3.32. The van der Waals surface area contributed by atoms with Crippen LogP contribution in [0.1, 0.15) is 37.3 Å². The predicted octanol–water partition coefficient (Wildman–Crippen LogP) is 6.06. The first-order valence-corrected chi connectivity index (χ1v) is 8.35. The Labute approximate surface area is 134 Å². The van der Waals surface area contributed by atoms with E-state index < -0.39 is 0 Å². The molecule has 22 heavy (non-hydrogen) atoms. The molecule has 0 radical (unpaired) electrons. The normalized spacial score (nSPS) is 15.9. The fourth-order valence-corrected chi connectivity index (χ4v) is 3.32. The van der Waals surface area contributed by atoms with Crippen molar-refractivity contribution in [1.82, 2.24) is 0 Å². The number of allylic oxidation sites excluding steroid dienone is 4. The first-order valence-electron chi connectivity index (χ1n) is 8.35. The number of benzene rings is 2. The monoisotopic (exact) mass is 288 g/mol. The SMILES string of the molecule is CCC(Cc1ccccc1)C1=CC=C(c2ccccc2)CC1. The summed E-state index contributed by atoms with van der Waals surface area (Å²) < 4.78 is 0. The average molecular weight is 288 g/mol. The molecule has 0 saturated heterocycles. The molecule has 0 nitrogen and oxygen atoms in total. The second kappa shape index (κ2) is 7.26. The second-order valence-electron chi connectivity index (χ2n) is 6.09. The van der Waals surface area contributed by atoms with Gasteiger partial charge in [-0.05, 0) is 48.3 Å². The Hall–Kier alpha value is -2.08. The molecular formula is C22H24. The summed E-state index contributed by atoms with van der Waals surface area (Å²) in [6, 6.07) is 21.6. The van der Waals surface area contributed by atoms with E-state index >= 15 is 0 Å². The number of rotatable bonds is 5. The quantitative estimate of drug-likeness (QED) is 0.627. The van der Waals surface area contributed by atoms with Crippen molar-refractivity contribution in [2.24, 2.45) is 5.92 Å². The van der Waals surface area contributed by atoms with Crippen LogP contribution in [0.15, 0.2) is 78.4 Å². The zero-order valence-corrected chi connectivity index (χ0v) is 13.3. The second-order valence-corrected chi connectivity index (χ2v) is 6.09. The maximum Gasteiger partial charge on any atom is -0.0162 e. The van der Waals surface area contributed by atoms with Crippen LogP contribution in [0.3, 0.4) is 0 Å². The molecule has 0 saturated carbocycles. The highest BCUT2D eigenvalue weighted by Crippen LogP contribution is 2.32. The highest BCUT2D eigenvalue weighted by molar-refractivity contribution is 5.68. The van der Waals surface area contributed by atoms with Crippen molar-refractivity contribution in [3.8, 4) is 0 Å². The third kappa shape index (κ3) is 3.57. The predicted molar refractivity (Wildman–Crippen MR) is 95.7 cm³/mol. The topological polar surface area (TPSA) is 0 Å². The zero-order chi connectivity index (χ0) is 15.2. The lowest BCUT2D eigenvalue weighted by molar-refractivity contribution is 0.565. The van der Waals surface area contributed by atoms with Gasteiger partial charge in [0.15, 0.2) is 0 Å². The van der Waals surface area contributed by atoms with Crippen LogP contribution in [0.25, 0.3) is 5.57 Å². The summed E-state index contributed by atoms with van der Waals surface area (Å²) in [7, 11) is 0. The molecule has 0 fully saturated rings. The highest BCUT2D eigenvalue weighted by Gasteiger charge is 2.16. The van der Waals surface area contributed by atoms with Gasteiger partial charge in [0.1, 0.15) is 0 Å². The van der Waals surface area contributed by atoms with E-state index in [4.69, 9.17) is 0 Å². The lowest BCUT2D eigenvalue weighted by Crippen LogP contribution is -2.09. The summed E-state index contributed by atoms with van der Waals surface area (Å²) in [5.41, 5.74) is 5.91. The van der Waals surface area contributed by atoms with Crippen molar-refractivity contribution in [2.45, 2.75) is 32.6 Å². The molecule has 112 valence electrons. The Morgan fingerprint density at radius 2 is 1.50 bits per heavy atom. The van der Waals surface area contributed by atoms with E-state index in [1.54, 1.807) is 5.57 Å². The smallest absolute Gasteiger partial charge is 0.0162 e. The fraction of sp³-hybridized carbons (Fsp3) is 0.273. The molecule has 3 rings (SSSR count). The first kappa shape index (κ1) is 14.8. The maximum absolute atomic E-state index is 2.38. The van der Waals surface area contributed by atoms with E-state index in [-0.39, 0.29) is 0 Å². The van der Waals surface area contributed by atoms with Crippen molar-refractivity contribution in [1.29, 1.82) is 0 Å². The third-order valence-electron chi connectivity index (χ3n) is 4.67. The minimum atomic E-state index is 0.677. The highest BCUT2D eigenvalue weighted by atomic mass is 14.2. The number of hydrogen-bond acceptors (Lipinski definition) is 0. The van der Waals surface area contributed by atoms with Crippen molar-refractivity contribution < 1.29 is 0 Å². The largest absolute Gasteiger partial charge is 0.0665 e. The molecule has 2 aromatic carbocycles. The van der Waals surface area contributed by atoms with Gasteiger partial charge in [0.05, 0.1) is 0 Å². The Morgan fingerprint density at radius 1 is 0.818 bits per heavy atom. The number of hydrogen-bond donors (Lipinski definition) is 0. The molecule has 0 heteroatoms. The maximum atomic E-state index is 2.38. The molecule has 1 aliphatic carbocycles. The molecule has 0 heterocycles. The molecule has 2 aromatic rings. The summed E-state index contributed by atoms with van der Waals surface area (Å²) in [4.78, 5) is 0. The van der Waals surface area contributed by atoms with Crippen LogP contribution < -0.4 is 0 Å². The Balaban J connectivity index is 1.74. The third-order valence-corrected chi connectivity index (χ3v) is 4.67. The molecule has 0 N–H and O–H groups in total. The van der Waals surface area contributed by atoms with Crippen molar-refractivity contribution in [2.75, 3.05) is 0 Å². The lowest BCUT2D eigenvalue weighted by Gasteiger charge is -2.23. The van der Waals surface area contributed by atoms with Gasteiger partial charge in [0.2, 0.25) is 0 Å². The van der Waals surface area contributed by atoms with Crippen molar-refractivity contribution in [3.63, 3.8) is 0 Å². The Bertz CT molecular complexity index is 647. The van der Waals surface area contributed by atoms with E-state index in [2.05, 4.69) is 79.7 Å². The molecular weight excluding hydrogens is 264 g/mol. The zero-order valence-electron chi connectivity index (χ0n) is 13.3. The average Bonchev–Trinajstić information content (AvgIpc) is 2.61. The molecule has 0 amide bonds. The molecule has 1 unspecified atom stereocenters. The van der Waals surface area contributed by atoms with Crippen LogP contribution in [-0.4, -0.2) is 0 Å². The van der Waals surface area contributed by atoms with Gasteiger partial charge in [-0.25, -0.2) is 0 Å². The standard InChI is InChI=1S/C22H24/c1-2-19(17-18-9-5-3-6-10-18)21-13-15-22(16-14-21)20-11-7-4-8-12-20/h3-13,15,19H,2,14,16-17H2,1H3. The lowest BCUT2D eigenvalue weighted by atomic mass is 9.83. The summed E-state index contributed by atoms with van der Waals surface area (Å²) in [5.74, 6) is 0.677. The van der Waals surface area contributed by atoms with Crippen LogP contribution in [0.2, 0.25) is 0 Å².